The van der Waals surface area contributed by atoms with Crippen LogP contribution in [0.5, 0.6) is 0 Å². The second-order valence-corrected chi connectivity index (χ2v) is 6.01. The quantitative estimate of drug-likeness (QED) is 0.657. The van der Waals surface area contributed by atoms with Gasteiger partial charge in [-0.3, -0.25) is 0 Å². The molecule has 19 heavy (non-hydrogen) atoms. The van der Waals surface area contributed by atoms with Gasteiger partial charge in [0.2, 0.25) is 0 Å². The minimum absolute atomic E-state index is 0.0789. The molecule has 1 aromatic carbocycles. The maximum absolute atomic E-state index is 13.5. The van der Waals surface area contributed by atoms with E-state index in [1.807, 2.05) is 0 Å². The van der Waals surface area contributed by atoms with Gasteiger partial charge < -0.3 is 10.5 Å². The van der Waals surface area contributed by atoms with Crippen molar-refractivity contribution in [3.05, 3.63) is 29.6 Å². The number of nitrogen functional groups attached to an aromatic ring is 1. The van der Waals surface area contributed by atoms with Crippen molar-refractivity contribution in [1.82, 2.24) is 0 Å². The average Bonchev–Trinajstić information content (AvgIpc) is 2.35. The van der Waals surface area contributed by atoms with E-state index in [0.29, 0.717) is 11.1 Å². The molecule has 0 bridgehead atoms. The molecule has 2 rings (SSSR count). The lowest BCUT2D eigenvalue weighted by Gasteiger charge is -2.33. The molecule has 0 aromatic heterocycles. The highest BCUT2D eigenvalue weighted by molar-refractivity contribution is 5.90. The Morgan fingerprint density at radius 3 is 2.63 bits per heavy atom. The Balaban J connectivity index is 2.00. The number of benzene rings is 1. The summed E-state index contributed by atoms with van der Waals surface area (Å²) in [6, 6.07) is 3.94. The smallest absolute Gasteiger partial charge is 0.341 e. The van der Waals surface area contributed by atoms with Crippen molar-refractivity contribution >= 4 is 11.7 Å². The van der Waals surface area contributed by atoms with Crippen LogP contribution in [0, 0.1) is 11.2 Å². The van der Waals surface area contributed by atoms with Crippen molar-refractivity contribution in [2.45, 2.75) is 45.6 Å². The highest BCUT2D eigenvalue weighted by Gasteiger charge is 2.29. The van der Waals surface area contributed by atoms with Gasteiger partial charge in [0.05, 0.1) is 5.56 Å². The van der Waals surface area contributed by atoms with Gasteiger partial charge in [0, 0.05) is 5.69 Å². The number of hydrogen-bond donors (Lipinski definition) is 1. The maximum Gasteiger partial charge on any atom is 0.341 e. The maximum atomic E-state index is 13.5. The molecule has 1 aliphatic carbocycles. The fourth-order valence-electron chi connectivity index (χ4n) is 2.40. The van der Waals surface area contributed by atoms with Crippen LogP contribution in [0.2, 0.25) is 0 Å². The molecule has 1 saturated carbocycles. The molecule has 3 nitrogen and oxygen atoms in total. The van der Waals surface area contributed by atoms with E-state index in [2.05, 4.69) is 13.8 Å². The first-order valence-electron chi connectivity index (χ1n) is 6.63. The first-order chi connectivity index (χ1) is 8.87. The second-order valence-electron chi connectivity index (χ2n) is 6.01. The van der Waals surface area contributed by atoms with E-state index in [1.165, 1.54) is 18.2 Å². The lowest BCUT2D eigenvalue weighted by molar-refractivity contribution is 0.00907. The number of carbonyl (C=O) groups excluding carboxylic acids is 1. The standard InChI is InChI=1S/C15H20FNO2/c1-15(2)7-5-11(6-8-15)19-14(18)12-9-10(17)3-4-13(12)16/h3-4,9,11H,5-8,17H2,1-2H3. The van der Waals surface area contributed by atoms with Gasteiger partial charge in [-0.2, -0.15) is 0 Å². The van der Waals surface area contributed by atoms with Crippen molar-refractivity contribution in [2.24, 2.45) is 5.41 Å². The van der Waals surface area contributed by atoms with Gasteiger partial charge in [0.15, 0.2) is 0 Å². The number of hydrogen-bond acceptors (Lipinski definition) is 3. The largest absolute Gasteiger partial charge is 0.459 e. The SMILES string of the molecule is CC1(C)CCC(OC(=O)c2cc(N)ccc2F)CC1. The zero-order chi connectivity index (χ0) is 14.0. The molecule has 1 fully saturated rings. The fourth-order valence-corrected chi connectivity index (χ4v) is 2.40. The summed E-state index contributed by atoms with van der Waals surface area (Å²) in [5.74, 6) is -1.20. The molecule has 0 spiro atoms. The summed E-state index contributed by atoms with van der Waals surface area (Å²) in [6.45, 7) is 4.42. The number of halogens is 1. The van der Waals surface area contributed by atoms with Gasteiger partial charge >= 0.3 is 5.97 Å². The Hall–Kier alpha value is -1.58. The van der Waals surface area contributed by atoms with Gasteiger partial charge in [0.1, 0.15) is 11.9 Å². The highest BCUT2D eigenvalue weighted by Crippen LogP contribution is 2.36. The minimum atomic E-state index is -0.616. The Kier molecular flexibility index (Phi) is 3.78. The molecule has 0 saturated heterocycles. The van der Waals surface area contributed by atoms with E-state index in [-0.39, 0.29) is 11.7 Å². The number of esters is 1. The molecule has 104 valence electrons. The molecular formula is C15H20FNO2. The summed E-state index contributed by atoms with van der Waals surface area (Å²) in [6.07, 6.45) is 3.60. The number of rotatable bonds is 2. The normalized spacial score (nSPS) is 19.1. The molecule has 0 amide bonds. The van der Waals surface area contributed by atoms with Crippen LogP contribution in [0.3, 0.4) is 0 Å². The van der Waals surface area contributed by atoms with E-state index in [9.17, 15) is 9.18 Å². The lowest BCUT2D eigenvalue weighted by Crippen LogP contribution is -2.28. The van der Waals surface area contributed by atoms with Gasteiger partial charge in [0.25, 0.3) is 0 Å². The Bertz CT molecular complexity index is 475. The van der Waals surface area contributed by atoms with Gasteiger partial charge in [-0.1, -0.05) is 13.8 Å². The predicted molar refractivity (Wildman–Crippen MR) is 72.3 cm³/mol. The first-order valence-corrected chi connectivity index (χ1v) is 6.63. The fraction of sp³-hybridized carbons (Fsp3) is 0.533. The van der Waals surface area contributed by atoms with Crippen LogP contribution in [0.4, 0.5) is 10.1 Å². The van der Waals surface area contributed by atoms with Crippen LogP contribution in [0.1, 0.15) is 49.9 Å². The number of anilines is 1. The summed E-state index contributed by atoms with van der Waals surface area (Å²) < 4.78 is 18.9. The lowest BCUT2D eigenvalue weighted by atomic mass is 9.76. The van der Waals surface area contributed by atoms with Crippen LogP contribution in [-0.2, 0) is 4.74 Å². The van der Waals surface area contributed by atoms with Crippen LogP contribution >= 0.6 is 0 Å². The van der Waals surface area contributed by atoms with Crippen molar-refractivity contribution in [1.29, 1.82) is 0 Å². The molecule has 0 aliphatic heterocycles. The summed E-state index contributed by atoms with van der Waals surface area (Å²) in [4.78, 5) is 11.9. The van der Waals surface area contributed by atoms with Crippen LogP contribution in [0.25, 0.3) is 0 Å². The topological polar surface area (TPSA) is 52.3 Å². The van der Waals surface area contributed by atoms with Gasteiger partial charge in [-0.25, -0.2) is 9.18 Å². The van der Waals surface area contributed by atoms with Gasteiger partial charge in [-0.05, 0) is 49.3 Å². The molecule has 1 aromatic rings. The molecule has 0 radical (unpaired) electrons. The Labute approximate surface area is 112 Å². The van der Waals surface area contributed by atoms with Crippen LogP contribution < -0.4 is 5.73 Å². The molecule has 0 heterocycles. The van der Waals surface area contributed by atoms with E-state index in [4.69, 9.17) is 10.5 Å². The molecule has 4 heteroatoms. The third-order valence-electron chi connectivity index (χ3n) is 3.77. The van der Waals surface area contributed by atoms with Crippen LogP contribution in [-0.4, -0.2) is 12.1 Å². The monoisotopic (exact) mass is 265 g/mol. The van der Waals surface area contributed by atoms with Gasteiger partial charge in [-0.15, -0.1) is 0 Å². The van der Waals surface area contributed by atoms with E-state index < -0.39 is 11.8 Å². The third-order valence-corrected chi connectivity index (χ3v) is 3.77. The second kappa shape index (κ2) is 5.19. The number of nitrogens with two attached hydrogens (primary N) is 1. The Morgan fingerprint density at radius 2 is 2.00 bits per heavy atom. The number of ether oxygens (including phenoxy) is 1. The predicted octanol–water partition coefficient (Wildman–Crippen LogP) is 3.53. The van der Waals surface area contributed by atoms with E-state index >= 15 is 0 Å². The number of carbonyl (C=O) groups is 1. The molecular weight excluding hydrogens is 245 g/mol. The zero-order valence-electron chi connectivity index (χ0n) is 11.4. The molecule has 1 aliphatic rings. The minimum Gasteiger partial charge on any atom is -0.459 e. The Morgan fingerprint density at radius 1 is 1.37 bits per heavy atom. The summed E-state index contributed by atoms with van der Waals surface area (Å²) in [7, 11) is 0. The van der Waals surface area contributed by atoms with Crippen molar-refractivity contribution < 1.29 is 13.9 Å². The summed E-state index contributed by atoms with van der Waals surface area (Å²) in [5.41, 5.74) is 6.15. The zero-order valence-corrected chi connectivity index (χ0v) is 11.4. The molecule has 2 N–H and O–H groups in total. The molecule has 0 unspecified atom stereocenters. The third kappa shape index (κ3) is 3.46. The summed E-state index contributed by atoms with van der Waals surface area (Å²) in [5, 5.41) is 0. The van der Waals surface area contributed by atoms with Crippen molar-refractivity contribution in [2.75, 3.05) is 5.73 Å². The van der Waals surface area contributed by atoms with E-state index in [0.717, 1.165) is 25.7 Å². The van der Waals surface area contributed by atoms with Crippen LogP contribution in [0.15, 0.2) is 18.2 Å². The van der Waals surface area contributed by atoms with E-state index in [1.54, 1.807) is 0 Å². The molecule has 0 atom stereocenters. The average molecular weight is 265 g/mol. The van der Waals surface area contributed by atoms with Crippen molar-refractivity contribution in [3.8, 4) is 0 Å². The highest BCUT2D eigenvalue weighted by atomic mass is 19.1. The summed E-state index contributed by atoms with van der Waals surface area (Å²) >= 11 is 0. The first kappa shape index (κ1) is 13.8. The van der Waals surface area contributed by atoms with Crippen molar-refractivity contribution in [3.63, 3.8) is 0 Å².